The Kier molecular flexibility index (Phi) is 3.54. The zero-order valence-corrected chi connectivity index (χ0v) is 11.3. The molecule has 1 amide bonds. The molecular weight excluding hydrogens is 254 g/mol. The Bertz CT molecular complexity index is 551. The predicted octanol–water partition coefficient (Wildman–Crippen LogP) is 1.94. The summed E-state index contributed by atoms with van der Waals surface area (Å²) in [7, 11) is 4.01. The minimum absolute atomic E-state index is 0.278. The Morgan fingerprint density at radius 3 is 2.94 bits per heavy atom. The van der Waals surface area contributed by atoms with Crippen molar-refractivity contribution in [2.24, 2.45) is 5.73 Å². The molecule has 90 valence electrons. The van der Waals surface area contributed by atoms with E-state index in [0.29, 0.717) is 0 Å². The lowest BCUT2D eigenvalue weighted by Crippen LogP contribution is -2.12. The van der Waals surface area contributed by atoms with E-state index in [-0.39, 0.29) is 11.7 Å². The molecule has 1 aromatic carbocycles. The van der Waals surface area contributed by atoms with E-state index in [2.05, 4.69) is 16.0 Å². The number of fused-ring (bicyclic) bond motifs is 1. The van der Waals surface area contributed by atoms with Gasteiger partial charge < -0.3 is 10.6 Å². The molecule has 1 heterocycles. The second kappa shape index (κ2) is 4.93. The second-order valence-corrected chi connectivity index (χ2v) is 6.03. The van der Waals surface area contributed by atoms with E-state index < -0.39 is 0 Å². The van der Waals surface area contributed by atoms with Crippen LogP contribution < -0.4 is 10.6 Å². The zero-order valence-electron chi connectivity index (χ0n) is 9.64. The van der Waals surface area contributed by atoms with Gasteiger partial charge in [-0.25, -0.2) is 4.98 Å². The van der Waals surface area contributed by atoms with Crippen LogP contribution >= 0.6 is 23.1 Å². The van der Waals surface area contributed by atoms with Crippen LogP contribution in [0.15, 0.2) is 22.5 Å². The van der Waals surface area contributed by atoms with Gasteiger partial charge in [-0.15, -0.1) is 11.3 Å². The van der Waals surface area contributed by atoms with Crippen molar-refractivity contribution in [1.82, 2.24) is 4.98 Å². The number of primary amides is 1. The number of rotatable bonds is 4. The third-order valence-electron chi connectivity index (χ3n) is 2.21. The number of benzene rings is 1. The molecule has 0 bridgehead atoms. The van der Waals surface area contributed by atoms with E-state index in [1.54, 1.807) is 11.3 Å². The van der Waals surface area contributed by atoms with E-state index in [1.165, 1.54) is 11.8 Å². The molecule has 0 fully saturated rings. The van der Waals surface area contributed by atoms with Crippen LogP contribution in [-0.2, 0) is 4.79 Å². The van der Waals surface area contributed by atoms with Crippen molar-refractivity contribution >= 4 is 44.9 Å². The number of thiazole rings is 1. The Morgan fingerprint density at radius 2 is 2.29 bits per heavy atom. The van der Waals surface area contributed by atoms with Crippen LogP contribution in [0.1, 0.15) is 0 Å². The summed E-state index contributed by atoms with van der Waals surface area (Å²) in [5.41, 5.74) is 7.22. The van der Waals surface area contributed by atoms with Gasteiger partial charge in [-0.3, -0.25) is 4.79 Å². The molecule has 2 rings (SSSR count). The molecule has 2 aromatic rings. The SMILES string of the molecule is CN(C)c1ccc2nc(SCC(N)=O)sc2c1. The van der Waals surface area contributed by atoms with Gasteiger partial charge in [0.15, 0.2) is 4.34 Å². The highest BCUT2D eigenvalue weighted by atomic mass is 32.2. The second-order valence-electron chi connectivity index (χ2n) is 3.78. The summed E-state index contributed by atoms with van der Waals surface area (Å²) in [4.78, 5) is 17.2. The lowest BCUT2D eigenvalue weighted by atomic mass is 10.3. The molecule has 0 unspecified atom stereocenters. The van der Waals surface area contributed by atoms with Gasteiger partial charge in [-0.2, -0.15) is 0 Å². The first-order valence-corrected chi connectivity index (χ1v) is 6.85. The summed E-state index contributed by atoms with van der Waals surface area (Å²) in [6.45, 7) is 0. The number of aromatic nitrogens is 1. The summed E-state index contributed by atoms with van der Waals surface area (Å²) >= 11 is 2.98. The summed E-state index contributed by atoms with van der Waals surface area (Å²) < 4.78 is 2.01. The molecule has 0 aliphatic heterocycles. The third-order valence-corrected chi connectivity index (χ3v) is 4.39. The molecule has 4 nitrogen and oxygen atoms in total. The van der Waals surface area contributed by atoms with Gasteiger partial charge in [-0.1, -0.05) is 11.8 Å². The predicted molar refractivity (Wildman–Crippen MR) is 73.9 cm³/mol. The fourth-order valence-corrected chi connectivity index (χ4v) is 3.21. The minimum Gasteiger partial charge on any atom is -0.378 e. The van der Waals surface area contributed by atoms with E-state index in [9.17, 15) is 4.79 Å². The van der Waals surface area contributed by atoms with Crippen LogP contribution in [0.3, 0.4) is 0 Å². The van der Waals surface area contributed by atoms with Crippen LogP contribution in [0.4, 0.5) is 5.69 Å². The molecule has 0 radical (unpaired) electrons. The highest BCUT2D eigenvalue weighted by molar-refractivity contribution is 8.01. The van der Waals surface area contributed by atoms with Crippen LogP contribution in [0, 0.1) is 0 Å². The summed E-state index contributed by atoms with van der Waals surface area (Å²) in [6, 6.07) is 6.13. The Labute approximate surface area is 108 Å². The molecule has 0 aliphatic rings. The first-order valence-electron chi connectivity index (χ1n) is 5.05. The molecule has 0 spiro atoms. The maximum Gasteiger partial charge on any atom is 0.227 e. The van der Waals surface area contributed by atoms with Crippen molar-refractivity contribution in [3.63, 3.8) is 0 Å². The third kappa shape index (κ3) is 2.89. The van der Waals surface area contributed by atoms with E-state index in [1.807, 2.05) is 26.2 Å². The van der Waals surface area contributed by atoms with Gasteiger partial charge in [0.1, 0.15) is 0 Å². The van der Waals surface area contributed by atoms with E-state index >= 15 is 0 Å². The fraction of sp³-hybridized carbons (Fsp3) is 0.273. The van der Waals surface area contributed by atoms with Crippen LogP contribution in [-0.4, -0.2) is 30.7 Å². The highest BCUT2D eigenvalue weighted by Crippen LogP contribution is 2.31. The molecule has 17 heavy (non-hydrogen) atoms. The molecule has 0 saturated carbocycles. The van der Waals surface area contributed by atoms with Gasteiger partial charge in [0, 0.05) is 19.8 Å². The highest BCUT2D eigenvalue weighted by Gasteiger charge is 2.07. The first kappa shape index (κ1) is 12.2. The number of hydrogen-bond acceptors (Lipinski definition) is 5. The molecule has 0 saturated heterocycles. The number of hydrogen-bond donors (Lipinski definition) is 1. The van der Waals surface area contributed by atoms with Gasteiger partial charge in [0.05, 0.1) is 16.0 Å². The fourth-order valence-electron chi connectivity index (χ4n) is 1.36. The van der Waals surface area contributed by atoms with Crippen molar-refractivity contribution < 1.29 is 4.79 Å². The summed E-state index contributed by atoms with van der Waals surface area (Å²) in [5, 5.41) is 0. The maximum absolute atomic E-state index is 10.7. The van der Waals surface area contributed by atoms with Gasteiger partial charge in [0.2, 0.25) is 5.91 Å². The maximum atomic E-state index is 10.7. The van der Waals surface area contributed by atoms with Crippen molar-refractivity contribution in [3.05, 3.63) is 18.2 Å². The quantitative estimate of drug-likeness (QED) is 0.860. The minimum atomic E-state index is -0.316. The van der Waals surface area contributed by atoms with Crippen LogP contribution in [0.5, 0.6) is 0 Å². The normalized spacial score (nSPS) is 10.7. The van der Waals surface area contributed by atoms with Crippen LogP contribution in [0.2, 0.25) is 0 Å². The Balaban J connectivity index is 2.27. The average molecular weight is 267 g/mol. The monoisotopic (exact) mass is 267 g/mol. The Hall–Kier alpha value is -1.27. The van der Waals surface area contributed by atoms with Crippen LogP contribution in [0.25, 0.3) is 10.2 Å². The topological polar surface area (TPSA) is 59.2 Å². The van der Waals surface area contributed by atoms with Gasteiger partial charge in [0.25, 0.3) is 0 Å². The van der Waals surface area contributed by atoms with Gasteiger partial charge in [-0.05, 0) is 18.2 Å². The number of carbonyl (C=O) groups excluding carboxylic acids is 1. The van der Waals surface area contributed by atoms with Gasteiger partial charge >= 0.3 is 0 Å². The number of thioether (sulfide) groups is 1. The Morgan fingerprint density at radius 1 is 1.53 bits per heavy atom. The summed E-state index contributed by atoms with van der Waals surface area (Å²) in [6.07, 6.45) is 0. The average Bonchev–Trinajstić information content (AvgIpc) is 2.67. The number of nitrogens with zero attached hydrogens (tertiary/aromatic N) is 2. The smallest absolute Gasteiger partial charge is 0.227 e. The number of anilines is 1. The number of carbonyl (C=O) groups is 1. The lowest BCUT2D eigenvalue weighted by Gasteiger charge is -2.11. The standard InChI is InChI=1S/C11H13N3OS2/c1-14(2)7-3-4-8-9(5-7)17-11(13-8)16-6-10(12)15/h3-5H,6H2,1-2H3,(H2,12,15). The zero-order chi connectivity index (χ0) is 12.4. The lowest BCUT2D eigenvalue weighted by molar-refractivity contribution is -0.115. The van der Waals surface area contributed by atoms with Crippen molar-refractivity contribution in [2.75, 3.05) is 24.7 Å². The molecule has 6 heteroatoms. The van der Waals surface area contributed by atoms with Crippen molar-refractivity contribution in [3.8, 4) is 0 Å². The molecule has 2 N–H and O–H groups in total. The van der Waals surface area contributed by atoms with Crippen molar-refractivity contribution in [1.29, 1.82) is 0 Å². The summed E-state index contributed by atoms with van der Waals surface area (Å²) in [5.74, 6) is -0.0383. The molecule has 0 atom stereocenters. The van der Waals surface area contributed by atoms with E-state index in [4.69, 9.17) is 5.73 Å². The molecular formula is C11H13N3OS2. The van der Waals surface area contributed by atoms with Crippen molar-refractivity contribution in [2.45, 2.75) is 4.34 Å². The number of nitrogens with two attached hydrogens (primary N) is 1. The molecule has 0 aliphatic carbocycles. The first-order chi connectivity index (χ1) is 8.06. The number of amides is 1. The molecule has 1 aromatic heterocycles. The largest absolute Gasteiger partial charge is 0.378 e. The van der Waals surface area contributed by atoms with E-state index in [0.717, 1.165) is 20.2 Å².